The average Bonchev–Trinajstić information content (AvgIpc) is 2.67. The Morgan fingerprint density at radius 1 is 0.960 bits per heavy atom. The summed E-state index contributed by atoms with van der Waals surface area (Å²) >= 11 is 1.49. The SMILES string of the molecule is CSc1nc2ccccc2c(Nc2ccc3ccccc3c2)c1C#N. The van der Waals surface area contributed by atoms with Gasteiger partial charge in [-0.2, -0.15) is 5.26 Å². The van der Waals surface area contributed by atoms with Gasteiger partial charge in [-0.25, -0.2) is 4.98 Å². The second-order valence-electron chi connectivity index (χ2n) is 5.69. The Bertz CT molecular complexity index is 1130. The molecule has 0 aliphatic carbocycles. The van der Waals surface area contributed by atoms with Gasteiger partial charge in [0, 0.05) is 11.1 Å². The van der Waals surface area contributed by atoms with Crippen LogP contribution in [0.5, 0.6) is 0 Å². The first-order valence-electron chi connectivity index (χ1n) is 7.93. The zero-order chi connectivity index (χ0) is 17.2. The van der Waals surface area contributed by atoms with E-state index in [4.69, 9.17) is 0 Å². The van der Waals surface area contributed by atoms with Crippen molar-refractivity contribution in [2.75, 3.05) is 11.6 Å². The number of rotatable bonds is 3. The number of hydrogen-bond donors (Lipinski definition) is 1. The molecule has 0 aliphatic heterocycles. The molecule has 0 saturated heterocycles. The molecule has 0 bridgehead atoms. The number of anilines is 2. The van der Waals surface area contributed by atoms with Crippen molar-refractivity contribution in [3.63, 3.8) is 0 Å². The highest BCUT2D eigenvalue weighted by atomic mass is 32.2. The van der Waals surface area contributed by atoms with E-state index in [2.05, 4.69) is 40.6 Å². The fourth-order valence-electron chi connectivity index (χ4n) is 2.98. The lowest BCUT2D eigenvalue weighted by Crippen LogP contribution is -1.99. The molecule has 0 fully saturated rings. The third-order valence-electron chi connectivity index (χ3n) is 4.18. The van der Waals surface area contributed by atoms with E-state index in [-0.39, 0.29) is 0 Å². The molecule has 0 atom stereocenters. The van der Waals surface area contributed by atoms with E-state index in [1.165, 1.54) is 17.1 Å². The van der Waals surface area contributed by atoms with Gasteiger partial charge in [0.15, 0.2) is 0 Å². The maximum Gasteiger partial charge on any atom is 0.116 e. The van der Waals surface area contributed by atoms with Crippen LogP contribution in [-0.4, -0.2) is 11.2 Å². The molecule has 4 rings (SSSR count). The highest BCUT2D eigenvalue weighted by molar-refractivity contribution is 7.98. The third kappa shape index (κ3) is 2.79. The van der Waals surface area contributed by atoms with Gasteiger partial charge in [0.2, 0.25) is 0 Å². The Hall–Kier alpha value is -3.03. The Labute approximate surface area is 150 Å². The lowest BCUT2D eigenvalue weighted by molar-refractivity contribution is 1.17. The summed E-state index contributed by atoms with van der Waals surface area (Å²) in [5.41, 5.74) is 3.24. The number of thioether (sulfide) groups is 1. The van der Waals surface area contributed by atoms with Crippen LogP contribution in [0.4, 0.5) is 11.4 Å². The largest absolute Gasteiger partial charge is 0.354 e. The number of fused-ring (bicyclic) bond motifs is 2. The van der Waals surface area contributed by atoms with Crippen LogP contribution < -0.4 is 5.32 Å². The first kappa shape index (κ1) is 15.5. The van der Waals surface area contributed by atoms with Crippen LogP contribution in [0.2, 0.25) is 0 Å². The van der Waals surface area contributed by atoms with Crippen molar-refractivity contribution in [3.05, 3.63) is 72.3 Å². The Morgan fingerprint density at radius 3 is 2.52 bits per heavy atom. The van der Waals surface area contributed by atoms with Gasteiger partial charge in [-0.3, -0.25) is 0 Å². The van der Waals surface area contributed by atoms with Gasteiger partial charge in [0.1, 0.15) is 16.7 Å². The third-order valence-corrected chi connectivity index (χ3v) is 4.87. The lowest BCUT2D eigenvalue weighted by atomic mass is 10.1. The summed E-state index contributed by atoms with van der Waals surface area (Å²) in [6.07, 6.45) is 1.94. The molecule has 0 unspecified atom stereocenters. The smallest absolute Gasteiger partial charge is 0.116 e. The number of pyridine rings is 1. The van der Waals surface area contributed by atoms with Crippen molar-refractivity contribution in [3.8, 4) is 6.07 Å². The summed E-state index contributed by atoms with van der Waals surface area (Å²) in [4.78, 5) is 4.62. The summed E-state index contributed by atoms with van der Waals surface area (Å²) in [6.45, 7) is 0. The minimum absolute atomic E-state index is 0.583. The van der Waals surface area contributed by atoms with E-state index in [1.807, 2.05) is 48.7 Å². The second-order valence-corrected chi connectivity index (χ2v) is 6.48. The van der Waals surface area contributed by atoms with Crippen LogP contribution in [-0.2, 0) is 0 Å². The zero-order valence-corrected chi connectivity index (χ0v) is 14.5. The summed E-state index contributed by atoms with van der Waals surface area (Å²) in [7, 11) is 0. The van der Waals surface area contributed by atoms with Gasteiger partial charge >= 0.3 is 0 Å². The topological polar surface area (TPSA) is 48.7 Å². The molecule has 1 aromatic heterocycles. The molecule has 0 spiro atoms. The first-order valence-corrected chi connectivity index (χ1v) is 9.15. The van der Waals surface area contributed by atoms with Gasteiger partial charge < -0.3 is 5.32 Å². The quantitative estimate of drug-likeness (QED) is 0.484. The average molecular weight is 341 g/mol. The Balaban J connectivity index is 1.91. The molecule has 0 aliphatic rings. The molecule has 3 nitrogen and oxygen atoms in total. The van der Waals surface area contributed by atoms with Crippen molar-refractivity contribution in [1.29, 1.82) is 5.26 Å². The normalized spacial score (nSPS) is 10.7. The van der Waals surface area contributed by atoms with Crippen molar-refractivity contribution in [2.45, 2.75) is 5.03 Å². The first-order chi connectivity index (χ1) is 12.3. The summed E-state index contributed by atoms with van der Waals surface area (Å²) in [6, 6.07) is 24.7. The van der Waals surface area contributed by atoms with Crippen LogP contribution >= 0.6 is 11.8 Å². The van der Waals surface area contributed by atoms with Crippen LogP contribution in [0.3, 0.4) is 0 Å². The highest BCUT2D eigenvalue weighted by Crippen LogP contribution is 2.34. The van der Waals surface area contributed by atoms with Crippen molar-refractivity contribution < 1.29 is 0 Å². The molecule has 1 N–H and O–H groups in total. The fourth-order valence-corrected chi connectivity index (χ4v) is 3.52. The maximum absolute atomic E-state index is 9.70. The molecular formula is C21H15N3S. The molecule has 120 valence electrons. The van der Waals surface area contributed by atoms with Gasteiger partial charge in [-0.15, -0.1) is 11.8 Å². The predicted molar refractivity (Wildman–Crippen MR) is 105 cm³/mol. The molecule has 4 heteroatoms. The standard InChI is InChI=1S/C21H15N3S/c1-25-21-18(13-22)20(17-8-4-5-9-19(17)24-21)23-16-11-10-14-6-2-3-7-15(14)12-16/h2-12H,1H3,(H,23,24). The second kappa shape index (κ2) is 6.46. The van der Waals surface area contributed by atoms with Crippen LogP contribution in [0.25, 0.3) is 21.7 Å². The number of nitrogens with zero attached hydrogens (tertiary/aromatic N) is 2. The molecular weight excluding hydrogens is 326 g/mol. The van der Waals surface area contributed by atoms with Crippen molar-refractivity contribution in [2.24, 2.45) is 0 Å². The summed E-state index contributed by atoms with van der Waals surface area (Å²) in [5, 5.41) is 17.2. The number of para-hydroxylation sites is 1. The summed E-state index contributed by atoms with van der Waals surface area (Å²) < 4.78 is 0. The molecule has 1 heterocycles. The summed E-state index contributed by atoms with van der Waals surface area (Å²) in [5.74, 6) is 0. The van der Waals surface area contributed by atoms with E-state index in [9.17, 15) is 5.26 Å². The molecule has 3 aromatic carbocycles. The van der Waals surface area contributed by atoms with Gasteiger partial charge in [-0.05, 0) is 35.2 Å². The lowest BCUT2D eigenvalue weighted by Gasteiger charge is -2.14. The number of hydrogen-bond acceptors (Lipinski definition) is 4. The molecule has 0 amide bonds. The van der Waals surface area contributed by atoms with Crippen molar-refractivity contribution in [1.82, 2.24) is 4.98 Å². The number of nitriles is 1. The van der Waals surface area contributed by atoms with Crippen LogP contribution in [0.15, 0.2) is 71.8 Å². The molecule has 0 saturated carbocycles. The molecule has 4 aromatic rings. The molecule has 0 radical (unpaired) electrons. The van der Waals surface area contributed by atoms with Gasteiger partial charge in [-0.1, -0.05) is 48.5 Å². The Kier molecular flexibility index (Phi) is 4.01. The predicted octanol–water partition coefficient (Wildman–Crippen LogP) is 5.73. The van der Waals surface area contributed by atoms with Crippen LogP contribution in [0, 0.1) is 11.3 Å². The zero-order valence-electron chi connectivity index (χ0n) is 13.7. The minimum atomic E-state index is 0.583. The number of benzene rings is 3. The monoisotopic (exact) mass is 341 g/mol. The minimum Gasteiger partial charge on any atom is -0.354 e. The maximum atomic E-state index is 9.70. The van der Waals surface area contributed by atoms with E-state index < -0.39 is 0 Å². The van der Waals surface area contributed by atoms with Gasteiger partial charge in [0.25, 0.3) is 0 Å². The fraction of sp³-hybridized carbons (Fsp3) is 0.0476. The van der Waals surface area contributed by atoms with E-state index in [0.717, 1.165) is 32.7 Å². The van der Waals surface area contributed by atoms with E-state index in [0.29, 0.717) is 5.56 Å². The number of nitrogens with one attached hydrogen (secondary N) is 1. The molecule has 25 heavy (non-hydrogen) atoms. The van der Waals surface area contributed by atoms with Crippen molar-refractivity contribution >= 4 is 44.8 Å². The van der Waals surface area contributed by atoms with Crippen LogP contribution in [0.1, 0.15) is 5.56 Å². The Morgan fingerprint density at radius 2 is 1.72 bits per heavy atom. The highest BCUT2D eigenvalue weighted by Gasteiger charge is 2.14. The van der Waals surface area contributed by atoms with E-state index >= 15 is 0 Å². The van der Waals surface area contributed by atoms with E-state index in [1.54, 1.807) is 0 Å². The number of aromatic nitrogens is 1. The van der Waals surface area contributed by atoms with Gasteiger partial charge in [0.05, 0.1) is 11.2 Å².